The van der Waals surface area contributed by atoms with Crippen LogP contribution in [0.5, 0.6) is 0 Å². The predicted octanol–water partition coefficient (Wildman–Crippen LogP) is 2.54. The van der Waals surface area contributed by atoms with E-state index in [1.54, 1.807) is 19.0 Å². The van der Waals surface area contributed by atoms with Crippen LogP contribution in [0.3, 0.4) is 0 Å². The molecule has 0 bridgehead atoms. The van der Waals surface area contributed by atoms with Gasteiger partial charge in [-0.05, 0) is 37.3 Å². The van der Waals surface area contributed by atoms with Gasteiger partial charge in [0, 0.05) is 51.9 Å². The average molecular weight is 432 g/mol. The summed E-state index contributed by atoms with van der Waals surface area (Å²) in [6.07, 6.45) is 3.14. The van der Waals surface area contributed by atoms with E-state index in [1.807, 2.05) is 0 Å². The summed E-state index contributed by atoms with van der Waals surface area (Å²) in [6, 6.07) is 4.06. The molecule has 4 rings (SSSR count). The number of hydrogen-bond acceptors (Lipinski definition) is 5. The second-order valence-electron chi connectivity index (χ2n) is 8.61. The summed E-state index contributed by atoms with van der Waals surface area (Å²) in [7, 11) is 3.42. The van der Waals surface area contributed by atoms with Crippen LogP contribution >= 0.6 is 0 Å². The van der Waals surface area contributed by atoms with E-state index < -0.39 is 17.5 Å². The molecule has 7 nitrogen and oxygen atoms in total. The topological polar surface area (TPSA) is 78.7 Å². The van der Waals surface area contributed by atoms with Gasteiger partial charge in [-0.25, -0.2) is 8.78 Å². The lowest BCUT2D eigenvalue weighted by molar-refractivity contribution is -0.135. The van der Waals surface area contributed by atoms with E-state index in [2.05, 4.69) is 15.4 Å². The minimum absolute atomic E-state index is 0.0157. The molecule has 2 fully saturated rings. The van der Waals surface area contributed by atoms with Gasteiger partial charge in [0.05, 0.1) is 11.5 Å². The number of likely N-dealkylation sites (tertiary alicyclic amines) is 1. The molecule has 1 saturated carbocycles. The van der Waals surface area contributed by atoms with Gasteiger partial charge in [-0.1, -0.05) is 5.16 Å². The van der Waals surface area contributed by atoms with E-state index in [0.717, 1.165) is 31.1 Å². The number of amides is 2. The minimum atomic E-state index is -0.803. The number of carbonyl (C=O) groups excluding carboxylic acids is 2. The predicted molar refractivity (Wildman–Crippen MR) is 109 cm³/mol. The molecule has 2 unspecified atom stereocenters. The SMILES string of the molecule is CN(C)C(=O)C1CN(CC2CC2)CCC1NC(=O)c1cc(-c2ccc(F)cc2F)on1. The second-order valence-corrected chi connectivity index (χ2v) is 8.61. The maximum absolute atomic E-state index is 14.0. The van der Waals surface area contributed by atoms with E-state index in [0.29, 0.717) is 13.0 Å². The van der Waals surface area contributed by atoms with Crippen molar-refractivity contribution in [3.05, 3.63) is 41.6 Å². The summed E-state index contributed by atoms with van der Waals surface area (Å²) in [5.74, 6) is -1.63. The molecule has 1 saturated heterocycles. The van der Waals surface area contributed by atoms with E-state index >= 15 is 0 Å². The Hall–Kier alpha value is -2.81. The molecule has 2 aliphatic rings. The largest absolute Gasteiger partial charge is 0.355 e. The van der Waals surface area contributed by atoms with Crippen molar-refractivity contribution in [1.29, 1.82) is 0 Å². The number of nitrogens with zero attached hydrogens (tertiary/aromatic N) is 3. The van der Waals surface area contributed by atoms with Gasteiger partial charge in [0.15, 0.2) is 11.5 Å². The van der Waals surface area contributed by atoms with Gasteiger partial charge in [0.1, 0.15) is 11.6 Å². The Balaban J connectivity index is 1.46. The Labute approximate surface area is 179 Å². The molecule has 9 heteroatoms. The fourth-order valence-corrected chi connectivity index (χ4v) is 4.05. The smallest absolute Gasteiger partial charge is 0.273 e. The van der Waals surface area contributed by atoms with Gasteiger partial charge < -0.3 is 19.6 Å². The van der Waals surface area contributed by atoms with Crippen molar-refractivity contribution in [1.82, 2.24) is 20.3 Å². The summed E-state index contributed by atoms with van der Waals surface area (Å²) in [4.78, 5) is 29.4. The number of carbonyl (C=O) groups is 2. The molecule has 166 valence electrons. The first-order valence-electron chi connectivity index (χ1n) is 10.5. The van der Waals surface area contributed by atoms with Crippen molar-refractivity contribution < 1.29 is 22.9 Å². The fraction of sp³-hybridized carbons (Fsp3) is 0.500. The van der Waals surface area contributed by atoms with Crippen LogP contribution in [0.2, 0.25) is 0 Å². The average Bonchev–Trinajstić information content (AvgIpc) is 3.40. The molecule has 1 N–H and O–H groups in total. The number of piperidine rings is 1. The highest BCUT2D eigenvalue weighted by molar-refractivity contribution is 5.94. The molecule has 1 aromatic heterocycles. The maximum Gasteiger partial charge on any atom is 0.273 e. The van der Waals surface area contributed by atoms with Gasteiger partial charge >= 0.3 is 0 Å². The molecule has 2 heterocycles. The van der Waals surface area contributed by atoms with Crippen LogP contribution in [-0.4, -0.2) is 66.5 Å². The number of nitrogens with one attached hydrogen (secondary N) is 1. The van der Waals surface area contributed by atoms with E-state index in [-0.39, 0.29) is 34.9 Å². The van der Waals surface area contributed by atoms with Crippen LogP contribution < -0.4 is 5.32 Å². The van der Waals surface area contributed by atoms with Crippen molar-refractivity contribution >= 4 is 11.8 Å². The normalized spacial score (nSPS) is 21.7. The quantitative estimate of drug-likeness (QED) is 0.759. The molecule has 2 amide bonds. The molecule has 0 radical (unpaired) electrons. The third-order valence-electron chi connectivity index (χ3n) is 5.92. The first-order valence-corrected chi connectivity index (χ1v) is 10.5. The molecule has 31 heavy (non-hydrogen) atoms. The van der Waals surface area contributed by atoms with Gasteiger partial charge in [0.25, 0.3) is 5.91 Å². The summed E-state index contributed by atoms with van der Waals surface area (Å²) in [5.41, 5.74) is -0.00261. The highest BCUT2D eigenvalue weighted by atomic mass is 19.1. The van der Waals surface area contributed by atoms with Crippen LogP contribution in [-0.2, 0) is 4.79 Å². The standard InChI is InChI=1S/C22H26F2N4O3/c1-27(2)22(30)16-12-28(11-13-3-4-13)8-7-18(16)25-21(29)19-10-20(31-26-19)15-6-5-14(23)9-17(15)24/h5-6,9-10,13,16,18H,3-4,7-8,11-12H2,1-2H3,(H,25,29). The third-order valence-corrected chi connectivity index (χ3v) is 5.92. The lowest BCUT2D eigenvalue weighted by Gasteiger charge is -2.39. The lowest BCUT2D eigenvalue weighted by atomic mass is 9.90. The number of benzene rings is 1. The Morgan fingerprint density at radius 3 is 2.68 bits per heavy atom. The van der Waals surface area contributed by atoms with Crippen molar-refractivity contribution in [3.63, 3.8) is 0 Å². The molecule has 0 spiro atoms. The molecule has 2 atom stereocenters. The molecule has 1 aromatic carbocycles. The number of hydrogen-bond donors (Lipinski definition) is 1. The van der Waals surface area contributed by atoms with Crippen LogP contribution in [0.1, 0.15) is 29.8 Å². The summed E-state index contributed by atoms with van der Waals surface area (Å²) >= 11 is 0. The molecule has 1 aliphatic carbocycles. The van der Waals surface area contributed by atoms with Crippen LogP contribution in [0.25, 0.3) is 11.3 Å². The molecular formula is C22H26F2N4O3. The Morgan fingerprint density at radius 2 is 2.00 bits per heavy atom. The zero-order chi connectivity index (χ0) is 22.1. The first kappa shape index (κ1) is 21.4. The molecular weight excluding hydrogens is 406 g/mol. The fourth-order valence-electron chi connectivity index (χ4n) is 4.05. The van der Waals surface area contributed by atoms with E-state index in [9.17, 15) is 18.4 Å². The highest BCUT2D eigenvalue weighted by Gasteiger charge is 2.38. The van der Waals surface area contributed by atoms with Crippen molar-refractivity contribution in [2.24, 2.45) is 11.8 Å². The summed E-state index contributed by atoms with van der Waals surface area (Å²) in [6.45, 7) is 2.40. The second kappa shape index (κ2) is 8.74. The van der Waals surface area contributed by atoms with Gasteiger partial charge in [0.2, 0.25) is 5.91 Å². The Kier molecular flexibility index (Phi) is 6.04. The summed E-state index contributed by atoms with van der Waals surface area (Å²) < 4.78 is 32.2. The molecule has 2 aromatic rings. The number of halogens is 2. The van der Waals surface area contributed by atoms with Gasteiger partial charge in [-0.15, -0.1) is 0 Å². The maximum atomic E-state index is 14.0. The van der Waals surface area contributed by atoms with Crippen LogP contribution in [0.4, 0.5) is 8.78 Å². The lowest BCUT2D eigenvalue weighted by Crippen LogP contribution is -2.56. The van der Waals surface area contributed by atoms with Crippen LogP contribution in [0, 0.1) is 23.5 Å². The molecule has 1 aliphatic heterocycles. The minimum Gasteiger partial charge on any atom is -0.355 e. The third kappa shape index (κ3) is 4.92. The Morgan fingerprint density at radius 1 is 1.23 bits per heavy atom. The number of aromatic nitrogens is 1. The van der Waals surface area contributed by atoms with Gasteiger partial charge in [-0.2, -0.15) is 0 Å². The zero-order valence-electron chi connectivity index (χ0n) is 17.6. The number of rotatable bonds is 6. The summed E-state index contributed by atoms with van der Waals surface area (Å²) in [5, 5.41) is 6.65. The van der Waals surface area contributed by atoms with E-state index in [1.165, 1.54) is 25.0 Å². The van der Waals surface area contributed by atoms with Crippen molar-refractivity contribution in [3.8, 4) is 11.3 Å². The van der Waals surface area contributed by atoms with E-state index in [4.69, 9.17) is 4.52 Å². The first-order chi connectivity index (χ1) is 14.8. The van der Waals surface area contributed by atoms with Gasteiger partial charge in [-0.3, -0.25) is 9.59 Å². The van der Waals surface area contributed by atoms with Crippen molar-refractivity contribution in [2.75, 3.05) is 33.7 Å². The van der Waals surface area contributed by atoms with Crippen molar-refractivity contribution in [2.45, 2.75) is 25.3 Å². The Bertz CT molecular complexity index is 973. The zero-order valence-corrected chi connectivity index (χ0v) is 17.6. The monoisotopic (exact) mass is 432 g/mol. The van der Waals surface area contributed by atoms with Crippen LogP contribution in [0.15, 0.2) is 28.8 Å². The highest BCUT2D eigenvalue weighted by Crippen LogP contribution is 2.31.